The van der Waals surface area contributed by atoms with Crippen molar-refractivity contribution in [3.63, 3.8) is 0 Å². The minimum absolute atomic E-state index is 0. The molecule has 1 amide bonds. The van der Waals surface area contributed by atoms with Crippen molar-refractivity contribution < 1.29 is 4.79 Å². The third-order valence-corrected chi connectivity index (χ3v) is 3.70. The van der Waals surface area contributed by atoms with Gasteiger partial charge in [-0.25, -0.2) is 0 Å². The van der Waals surface area contributed by atoms with E-state index < -0.39 is 0 Å². The number of nitrogens with one attached hydrogen (secondary N) is 2. The molecule has 1 aliphatic heterocycles. The van der Waals surface area contributed by atoms with E-state index in [2.05, 4.69) is 20.8 Å². The molecule has 2 N–H and O–H groups in total. The predicted molar refractivity (Wildman–Crippen MR) is 89.7 cm³/mol. The predicted octanol–water partition coefficient (Wildman–Crippen LogP) is 1.89. The Labute approximate surface area is 141 Å². The molecule has 1 aliphatic rings. The number of rotatable bonds is 4. The summed E-state index contributed by atoms with van der Waals surface area (Å²) in [7, 11) is 0. The van der Waals surface area contributed by atoms with Crippen LogP contribution in [0.3, 0.4) is 0 Å². The topological polar surface area (TPSA) is 71.3 Å². The fraction of sp³-hybridized carbons (Fsp3) is 0.500. The zero-order chi connectivity index (χ0) is 13.9. The third kappa shape index (κ3) is 4.09. The van der Waals surface area contributed by atoms with E-state index in [4.69, 9.17) is 0 Å². The number of nitrogens with zero attached hydrogens (tertiary/aromatic N) is 3. The number of aromatic nitrogens is 3. The molecule has 22 heavy (non-hydrogen) atoms. The van der Waals surface area contributed by atoms with E-state index >= 15 is 0 Å². The maximum atomic E-state index is 12.0. The molecule has 3 rings (SSSR count). The lowest BCUT2D eigenvalue weighted by atomic mass is 10.1. The first kappa shape index (κ1) is 18.7. The molecule has 1 fully saturated rings. The Morgan fingerprint density at radius 1 is 1.45 bits per heavy atom. The van der Waals surface area contributed by atoms with Crippen molar-refractivity contribution in [2.75, 3.05) is 6.54 Å². The molecule has 0 saturated carbocycles. The molecule has 2 unspecified atom stereocenters. The van der Waals surface area contributed by atoms with Crippen LogP contribution in [0.1, 0.15) is 38.1 Å². The van der Waals surface area contributed by atoms with Crippen LogP contribution in [-0.4, -0.2) is 33.1 Å². The number of amides is 1. The average molecular weight is 346 g/mol. The fourth-order valence-electron chi connectivity index (χ4n) is 2.67. The Hall–Kier alpha value is -1.37. The molecule has 8 heteroatoms. The number of carbonyl (C=O) groups excluding carboxylic acids is 1. The minimum Gasteiger partial charge on any atom is -0.346 e. The van der Waals surface area contributed by atoms with Gasteiger partial charge >= 0.3 is 0 Å². The van der Waals surface area contributed by atoms with Gasteiger partial charge in [0.05, 0.1) is 6.04 Å². The molecular weight excluding hydrogens is 325 g/mol. The molecular formula is C14H21Cl2N5O. The minimum atomic E-state index is -0.152. The van der Waals surface area contributed by atoms with Crippen LogP contribution in [-0.2, 0) is 4.79 Å². The Kier molecular flexibility index (Phi) is 7.06. The SMILES string of the molecule is CC(NC(=O)CC1CCCN1)c1nnc2ccccn12.Cl.Cl. The summed E-state index contributed by atoms with van der Waals surface area (Å²) < 4.78 is 1.90. The third-order valence-electron chi connectivity index (χ3n) is 3.70. The van der Waals surface area contributed by atoms with Crippen molar-refractivity contribution >= 4 is 36.4 Å². The molecule has 0 radical (unpaired) electrons. The lowest BCUT2D eigenvalue weighted by Gasteiger charge is -2.14. The van der Waals surface area contributed by atoms with E-state index in [1.54, 1.807) is 0 Å². The fourth-order valence-corrected chi connectivity index (χ4v) is 2.67. The molecule has 0 aromatic carbocycles. The summed E-state index contributed by atoms with van der Waals surface area (Å²) in [6, 6.07) is 5.91. The van der Waals surface area contributed by atoms with Crippen LogP contribution in [0.15, 0.2) is 24.4 Å². The van der Waals surface area contributed by atoms with Crippen LogP contribution in [0.2, 0.25) is 0 Å². The Morgan fingerprint density at radius 2 is 2.27 bits per heavy atom. The number of halogens is 2. The molecule has 2 aromatic rings. The molecule has 3 heterocycles. The van der Waals surface area contributed by atoms with Gasteiger partial charge in [-0.05, 0) is 38.4 Å². The number of fused-ring (bicyclic) bond motifs is 1. The monoisotopic (exact) mass is 345 g/mol. The van der Waals surface area contributed by atoms with Crippen molar-refractivity contribution in [1.29, 1.82) is 0 Å². The first-order valence-electron chi connectivity index (χ1n) is 7.06. The van der Waals surface area contributed by atoms with Gasteiger partial charge in [0.1, 0.15) is 0 Å². The smallest absolute Gasteiger partial charge is 0.222 e. The van der Waals surface area contributed by atoms with Gasteiger partial charge < -0.3 is 10.6 Å². The van der Waals surface area contributed by atoms with Gasteiger partial charge in [0.25, 0.3) is 0 Å². The van der Waals surface area contributed by atoms with Gasteiger partial charge in [-0.2, -0.15) is 0 Å². The molecule has 122 valence electrons. The van der Waals surface area contributed by atoms with Gasteiger partial charge in [0.15, 0.2) is 11.5 Å². The summed E-state index contributed by atoms with van der Waals surface area (Å²) in [5, 5.41) is 14.6. The van der Waals surface area contributed by atoms with E-state index in [-0.39, 0.29) is 36.8 Å². The van der Waals surface area contributed by atoms with Crippen LogP contribution in [0, 0.1) is 0 Å². The highest BCUT2D eigenvalue weighted by Gasteiger charge is 2.20. The second kappa shape index (κ2) is 8.31. The van der Waals surface area contributed by atoms with Crippen molar-refractivity contribution in [2.24, 2.45) is 0 Å². The highest BCUT2D eigenvalue weighted by atomic mass is 35.5. The molecule has 6 nitrogen and oxygen atoms in total. The van der Waals surface area contributed by atoms with Crippen molar-refractivity contribution in [3.05, 3.63) is 30.2 Å². The van der Waals surface area contributed by atoms with Crippen LogP contribution in [0.4, 0.5) is 0 Å². The quantitative estimate of drug-likeness (QED) is 0.887. The lowest BCUT2D eigenvalue weighted by Crippen LogP contribution is -2.33. The largest absolute Gasteiger partial charge is 0.346 e. The Morgan fingerprint density at radius 3 is 3.00 bits per heavy atom. The van der Waals surface area contributed by atoms with Crippen LogP contribution >= 0.6 is 24.8 Å². The summed E-state index contributed by atoms with van der Waals surface area (Å²) >= 11 is 0. The van der Waals surface area contributed by atoms with Crippen molar-refractivity contribution in [2.45, 2.75) is 38.3 Å². The van der Waals surface area contributed by atoms with Gasteiger partial charge in [0.2, 0.25) is 5.91 Å². The number of hydrogen-bond donors (Lipinski definition) is 2. The van der Waals surface area contributed by atoms with E-state index in [9.17, 15) is 4.79 Å². The first-order valence-corrected chi connectivity index (χ1v) is 7.06. The zero-order valence-corrected chi connectivity index (χ0v) is 14.0. The van der Waals surface area contributed by atoms with Crippen molar-refractivity contribution in [3.8, 4) is 0 Å². The number of carbonyl (C=O) groups is 1. The number of pyridine rings is 1. The van der Waals surface area contributed by atoms with Crippen LogP contribution < -0.4 is 10.6 Å². The molecule has 2 atom stereocenters. The van der Waals surface area contributed by atoms with Gasteiger partial charge in [0, 0.05) is 18.7 Å². The molecule has 0 bridgehead atoms. The molecule has 2 aromatic heterocycles. The van der Waals surface area contributed by atoms with Crippen LogP contribution in [0.5, 0.6) is 0 Å². The second-order valence-electron chi connectivity index (χ2n) is 5.27. The first-order chi connectivity index (χ1) is 9.74. The normalized spacial score (nSPS) is 18.3. The van der Waals surface area contributed by atoms with E-state index in [0.717, 1.165) is 30.9 Å². The summed E-state index contributed by atoms with van der Waals surface area (Å²) in [6.07, 6.45) is 4.67. The summed E-state index contributed by atoms with van der Waals surface area (Å²) in [5.41, 5.74) is 0.793. The van der Waals surface area contributed by atoms with Gasteiger partial charge in [-0.3, -0.25) is 9.20 Å². The molecule has 1 saturated heterocycles. The maximum Gasteiger partial charge on any atom is 0.222 e. The average Bonchev–Trinajstić information content (AvgIpc) is 3.07. The highest BCUT2D eigenvalue weighted by Crippen LogP contribution is 2.13. The highest BCUT2D eigenvalue weighted by molar-refractivity contribution is 5.85. The summed E-state index contributed by atoms with van der Waals surface area (Å²) in [5.74, 6) is 0.818. The van der Waals surface area contributed by atoms with E-state index in [1.807, 2.05) is 35.7 Å². The van der Waals surface area contributed by atoms with Gasteiger partial charge in [-0.1, -0.05) is 6.07 Å². The molecule has 0 spiro atoms. The zero-order valence-electron chi connectivity index (χ0n) is 12.4. The second-order valence-corrected chi connectivity index (χ2v) is 5.27. The lowest BCUT2D eigenvalue weighted by molar-refractivity contribution is -0.122. The van der Waals surface area contributed by atoms with Gasteiger partial charge in [-0.15, -0.1) is 35.0 Å². The van der Waals surface area contributed by atoms with Crippen LogP contribution in [0.25, 0.3) is 5.65 Å². The Bertz CT molecular complexity index is 612. The van der Waals surface area contributed by atoms with Crippen molar-refractivity contribution in [1.82, 2.24) is 25.2 Å². The summed E-state index contributed by atoms with van der Waals surface area (Å²) in [6.45, 7) is 2.95. The number of hydrogen-bond acceptors (Lipinski definition) is 4. The standard InChI is InChI=1S/C14H19N5O.2ClH/c1-10(16-13(20)9-11-5-4-7-15-11)14-18-17-12-6-2-3-8-19(12)14;;/h2-3,6,8,10-11,15H,4-5,7,9H2,1H3,(H,16,20);2*1H. The maximum absolute atomic E-state index is 12.0. The Balaban J connectivity index is 0.00000121. The van der Waals surface area contributed by atoms with E-state index in [1.165, 1.54) is 0 Å². The van der Waals surface area contributed by atoms with E-state index in [0.29, 0.717) is 12.5 Å². The molecule has 0 aliphatic carbocycles. The summed E-state index contributed by atoms with van der Waals surface area (Å²) in [4.78, 5) is 12.0.